The molecule has 1 aliphatic rings. The van der Waals surface area contributed by atoms with Crippen molar-refractivity contribution >= 4 is 21.9 Å². The van der Waals surface area contributed by atoms with Gasteiger partial charge >= 0.3 is 5.97 Å². The van der Waals surface area contributed by atoms with Crippen LogP contribution < -0.4 is 0 Å². The van der Waals surface area contributed by atoms with Crippen LogP contribution in [0.5, 0.6) is 0 Å². The molecule has 1 N–H and O–H groups in total. The standard InChI is InChI=1S/C12H16BrNO2/c1-12(2)4-3-9(6-12)14-7-8(13)5-10(14)11(15)16/h5,7,9H,3-4,6H2,1-2H3,(H,15,16). The van der Waals surface area contributed by atoms with E-state index in [1.807, 2.05) is 10.8 Å². The van der Waals surface area contributed by atoms with Crippen molar-refractivity contribution in [3.63, 3.8) is 0 Å². The van der Waals surface area contributed by atoms with Gasteiger partial charge in [-0.2, -0.15) is 0 Å². The average Bonchev–Trinajstić information content (AvgIpc) is 2.68. The molecule has 1 heterocycles. The minimum Gasteiger partial charge on any atom is -0.477 e. The maximum absolute atomic E-state index is 11.1. The molecule has 1 aliphatic carbocycles. The van der Waals surface area contributed by atoms with E-state index in [4.69, 9.17) is 5.11 Å². The smallest absolute Gasteiger partial charge is 0.352 e. The Kier molecular flexibility index (Phi) is 2.86. The summed E-state index contributed by atoms with van der Waals surface area (Å²) >= 11 is 3.34. The molecule has 16 heavy (non-hydrogen) atoms. The maximum atomic E-state index is 11.1. The SMILES string of the molecule is CC1(C)CCC(n2cc(Br)cc2C(=O)O)C1. The van der Waals surface area contributed by atoms with Crippen LogP contribution in [0.2, 0.25) is 0 Å². The van der Waals surface area contributed by atoms with Gasteiger partial charge in [-0.25, -0.2) is 4.79 Å². The van der Waals surface area contributed by atoms with Crippen molar-refractivity contribution in [3.8, 4) is 0 Å². The summed E-state index contributed by atoms with van der Waals surface area (Å²) in [6, 6.07) is 2.00. The molecule has 1 unspecified atom stereocenters. The molecule has 0 spiro atoms. The molecule has 88 valence electrons. The van der Waals surface area contributed by atoms with Crippen molar-refractivity contribution in [2.24, 2.45) is 5.41 Å². The van der Waals surface area contributed by atoms with E-state index in [9.17, 15) is 4.79 Å². The molecule has 3 nitrogen and oxygen atoms in total. The van der Waals surface area contributed by atoms with E-state index >= 15 is 0 Å². The molecule has 2 rings (SSSR count). The third-order valence-corrected chi connectivity index (χ3v) is 3.80. The van der Waals surface area contributed by atoms with Gasteiger partial charge in [-0.05, 0) is 46.7 Å². The zero-order valence-corrected chi connectivity index (χ0v) is 11.1. The predicted molar refractivity (Wildman–Crippen MR) is 65.8 cm³/mol. The highest BCUT2D eigenvalue weighted by atomic mass is 79.9. The summed E-state index contributed by atoms with van der Waals surface area (Å²) in [6.45, 7) is 4.48. The maximum Gasteiger partial charge on any atom is 0.352 e. The quantitative estimate of drug-likeness (QED) is 0.900. The van der Waals surface area contributed by atoms with Crippen LogP contribution in [-0.4, -0.2) is 15.6 Å². The van der Waals surface area contributed by atoms with Gasteiger partial charge in [0, 0.05) is 16.7 Å². The van der Waals surface area contributed by atoms with Crippen LogP contribution in [0.1, 0.15) is 49.6 Å². The van der Waals surface area contributed by atoms with Gasteiger partial charge in [0.05, 0.1) is 0 Å². The second-order valence-corrected chi connectivity index (χ2v) is 6.23. The summed E-state index contributed by atoms with van der Waals surface area (Å²) in [5, 5.41) is 9.13. The number of hydrogen-bond acceptors (Lipinski definition) is 1. The molecule has 0 bridgehead atoms. The van der Waals surface area contributed by atoms with Crippen molar-refractivity contribution in [2.45, 2.75) is 39.2 Å². The number of halogens is 1. The molecule has 1 aromatic heterocycles. The van der Waals surface area contributed by atoms with Gasteiger partial charge in [0.25, 0.3) is 0 Å². The Morgan fingerprint density at radius 3 is 2.81 bits per heavy atom. The molecule has 1 atom stereocenters. The number of nitrogens with zero attached hydrogens (tertiary/aromatic N) is 1. The van der Waals surface area contributed by atoms with Crippen molar-refractivity contribution in [3.05, 3.63) is 22.4 Å². The van der Waals surface area contributed by atoms with E-state index in [0.717, 1.165) is 23.7 Å². The highest BCUT2D eigenvalue weighted by Gasteiger charge is 2.33. The first-order chi connectivity index (χ1) is 7.39. The third-order valence-electron chi connectivity index (χ3n) is 3.37. The largest absolute Gasteiger partial charge is 0.477 e. The number of aromatic carboxylic acids is 1. The van der Waals surface area contributed by atoms with Gasteiger partial charge in [-0.1, -0.05) is 13.8 Å². The summed E-state index contributed by atoms with van der Waals surface area (Å²) in [6.07, 6.45) is 5.16. The Balaban J connectivity index is 2.31. The van der Waals surface area contributed by atoms with E-state index in [2.05, 4.69) is 29.8 Å². The zero-order valence-electron chi connectivity index (χ0n) is 9.53. The molecular weight excluding hydrogens is 270 g/mol. The van der Waals surface area contributed by atoms with E-state index in [1.165, 1.54) is 0 Å². The Morgan fingerprint density at radius 2 is 2.31 bits per heavy atom. The van der Waals surface area contributed by atoms with E-state index < -0.39 is 5.97 Å². The summed E-state index contributed by atoms with van der Waals surface area (Å²) in [5.74, 6) is -0.851. The number of carboxylic acids is 1. The van der Waals surface area contributed by atoms with Crippen molar-refractivity contribution in [2.75, 3.05) is 0 Å². The van der Waals surface area contributed by atoms with Crippen molar-refractivity contribution in [1.82, 2.24) is 4.57 Å². The van der Waals surface area contributed by atoms with E-state index in [-0.39, 0.29) is 0 Å². The summed E-state index contributed by atoms with van der Waals surface area (Å²) in [5.41, 5.74) is 0.714. The molecule has 0 amide bonds. The number of carboxylic acid groups (broad SMARTS) is 1. The molecule has 1 fully saturated rings. The summed E-state index contributed by atoms with van der Waals surface area (Å²) in [7, 11) is 0. The Morgan fingerprint density at radius 1 is 1.62 bits per heavy atom. The van der Waals surface area contributed by atoms with E-state index in [1.54, 1.807) is 6.07 Å². The molecule has 1 aromatic rings. The molecule has 0 saturated heterocycles. The van der Waals surface area contributed by atoms with Gasteiger partial charge in [-0.3, -0.25) is 0 Å². The van der Waals surface area contributed by atoms with Gasteiger partial charge in [0.15, 0.2) is 0 Å². The number of rotatable bonds is 2. The second-order valence-electron chi connectivity index (χ2n) is 5.32. The van der Waals surface area contributed by atoms with Gasteiger partial charge < -0.3 is 9.67 Å². The van der Waals surface area contributed by atoms with Gasteiger partial charge in [-0.15, -0.1) is 0 Å². The minimum absolute atomic E-state index is 0.326. The highest BCUT2D eigenvalue weighted by Crippen LogP contribution is 2.44. The second kappa shape index (κ2) is 3.91. The van der Waals surface area contributed by atoms with E-state index in [0.29, 0.717) is 17.2 Å². The third kappa shape index (κ3) is 2.17. The van der Waals surface area contributed by atoms with Crippen LogP contribution in [0.3, 0.4) is 0 Å². The Bertz CT molecular complexity index is 423. The van der Waals surface area contributed by atoms with Crippen LogP contribution in [-0.2, 0) is 0 Å². The normalized spacial score (nSPS) is 23.6. The monoisotopic (exact) mass is 285 g/mol. The molecule has 1 saturated carbocycles. The number of hydrogen-bond donors (Lipinski definition) is 1. The van der Waals surface area contributed by atoms with Crippen LogP contribution in [0.4, 0.5) is 0 Å². The number of carbonyl (C=O) groups is 1. The summed E-state index contributed by atoms with van der Waals surface area (Å²) < 4.78 is 2.75. The Labute approximate surface area is 104 Å². The van der Waals surface area contributed by atoms with Crippen LogP contribution in [0.15, 0.2) is 16.7 Å². The fraction of sp³-hybridized carbons (Fsp3) is 0.583. The first kappa shape index (κ1) is 11.7. The lowest BCUT2D eigenvalue weighted by Gasteiger charge is -2.19. The molecule has 0 radical (unpaired) electrons. The summed E-state index contributed by atoms with van der Waals surface area (Å²) in [4.78, 5) is 11.1. The Hall–Kier alpha value is -0.770. The molecule has 0 aliphatic heterocycles. The molecule has 0 aromatic carbocycles. The van der Waals surface area contributed by atoms with Crippen molar-refractivity contribution < 1.29 is 9.90 Å². The topological polar surface area (TPSA) is 42.2 Å². The average molecular weight is 286 g/mol. The van der Waals surface area contributed by atoms with Gasteiger partial charge in [0.2, 0.25) is 0 Å². The van der Waals surface area contributed by atoms with Crippen molar-refractivity contribution in [1.29, 1.82) is 0 Å². The first-order valence-electron chi connectivity index (χ1n) is 5.50. The fourth-order valence-corrected chi connectivity index (χ4v) is 2.99. The zero-order chi connectivity index (χ0) is 11.9. The minimum atomic E-state index is -0.851. The highest BCUT2D eigenvalue weighted by molar-refractivity contribution is 9.10. The lowest BCUT2D eigenvalue weighted by molar-refractivity contribution is 0.0682. The van der Waals surface area contributed by atoms with Crippen LogP contribution in [0.25, 0.3) is 0 Å². The van der Waals surface area contributed by atoms with Crippen LogP contribution >= 0.6 is 15.9 Å². The first-order valence-corrected chi connectivity index (χ1v) is 6.29. The molecule has 4 heteroatoms. The lowest BCUT2D eigenvalue weighted by atomic mass is 9.92. The van der Waals surface area contributed by atoms with Crippen LogP contribution in [0, 0.1) is 5.41 Å². The molecular formula is C12H16BrNO2. The van der Waals surface area contributed by atoms with Gasteiger partial charge in [0.1, 0.15) is 5.69 Å². The lowest BCUT2D eigenvalue weighted by Crippen LogP contribution is -2.13. The number of aromatic nitrogens is 1. The predicted octanol–water partition coefficient (Wildman–Crippen LogP) is 3.70. The fourth-order valence-electron chi connectivity index (χ4n) is 2.56.